The Balaban J connectivity index is 1.43. The Kier molecular flexibility index (Phi) is 6.27. The first-order valence-corrected chi connectivity index (χ1v) is 10.1. The summed E-state index contributed by atoms with van der Waals surface area (Å²) in [6.45, 7) is -0.0694. The quantitative estimate of drug-likeness (QED) is 0.490. The average Bonchev–Trinajstić information content (AvgIpc) is 2.81. The van der Waals surface area contributed by atoms with E-state index in [-0.39, 0.29) is 6.54 Å². The van der Waals surface area contributed by atoms with Gasteiger partial charge in [-0.25, -0.2) is 4.79 Å². The molecule has 4 rings (SSSR count). The fourth-order valence-corrected chi connectivity index (χ4v) is 3.18. The van der Waals surface area contributed by atoms with Crippen LogP contribution in [0.3, 0.4) is 0 Å². The van der Waals surface area contributed by atoms with E-state index in [1.165, 1.54) is 16.8 Å². The number of hydrogen-bond acceptors (Lipinski definition) is 4. The van der Waals surface area contributed by atoms with Crippen molar-refractivity contribution in [1.82, 2.24) is 9.13 Å². The summed E-state index contributed by atoms with van der Waals surface area (Å²) in [4.78, 5) is 37.4. The Morgan fingerprint density at radius 2 is 1.41 bits per heavy atom. The highest BCUT2D eigenvalue weighted by Crippen LogP contribution is 2.22. The molecule has 1 aromatic heterocycles. The fraction of sp³-hybridized carbons (Fsp3) is 0.0800. The number of aromatic nitrogens is 2. The van der Waals surface area contributed by atoms with Crippen molar-refractivity contribution in [2.45, 2.75) is 13.1 Å². The number of para-hydroxylation sites is 1. The lowest BCUT2D eigenvalue weighted by Gasteiger charge is -2.11. The predicted molar refractivity (Wildman–Crippen MR) is 122 cm³/mol. The van der Waals surface area contributed by atoms with Crippen molar-refractivity contribution in [1.29, 1.82) is 0 Å². The van der Waals surface area contributed by atoms with Gasteiger partial charge < -0.3 is 10.1 Å². The topological polar surface area (TPSA) is 82.3 Å². The minimum Gasteiger partial charge on any atom is -0.457 e. The van der Waals surface area contributed by atoms with E-state index in [0.717, 1.165) is 10.1 Å². The van der Waals surface area contributed by atoms with Crippen LogP contribution in [0.25, 0.3) is 0 Å². The molecule has 1 amide bonds. The van der Waals surface area contributed by atoms with Crippen LogP contribution in [0.1, 0.15) is 5.56 Å². The molecule has 0 radical (unpaired) electrons. The monoisotopic (exact) mass is 427 g/mol. The minimum atomic E-state index is -0.539. The van der Waals surface area contributed by atoms with E-state index >= 15 is 0 Å². The minimum absolute atomic E-state index is 0.310. The van der Waals surface area contributed by atoms with Crippen LogP contribution >= 0.6 is 0 Å². The van der Waals surface area contributed by atoms with Crippen LogP contribution in [0.15, 0.2) is 107 Å². The molecule has 7 nitrogen and oxygen atoms in total. The maximum absolute atomic E-state index is 12.7. The molecule has 32 heavy (non-hydrogen) atoms. The van der Waals surface area contributed by atoms with E-state index in [2.05, 4.69) is 5.32 Å². The van der Waals surface area contributed by atoms with Crippen molar-refractivity contribution >= 4 is 11.6 Å². The number of hydrogen-bond donors (Lipinski definition) is 1. The van der Waals surface area contributed by atoms with Crippen molar-refractivity contribution in [3.8, 4) is 11.5 Å². The molecule has 3 aromatic carbocycles. The van der Waals surface area contributed by atoms with Crippen LogP contribution in [0.5, 0.6) is 11.5 Å². The first kappa shape index (κ1) is 20.9. The number of rotatable bonds is 7. The zero-order chi connectivity index (χ0) is 22.3. The van der Waals surface area contributed by atoms with E-state index in [0.29, 0.717) is 23.7 Å². The summed E-state index contributed by atoms with van der Waals surface area (Å²) < 4.78 is 8.05. The van der Waals surface area contributed by atoms with Crippen molar-refractivity contribution in [3.63, 3.8) is 0 Å². The lowest BCUT2D eigenvalue weighted by Crippen LogP contribution is -2.41. The molecular formula is C25H21N3O4. The summed E-state index contributed by atoms with van der Waals surface area (Å²) in [7, 11) is 0. The molecule has 160 valence electrons. The first-order chi connectivity index (χ1) is 15.6. The fourth-order valence-electron chi connectivity index (χ4n) is 3.18. The van der Waals surface area contributed by atoms with Gasteiger partial charge in [-0.1, -0.05) is 48.5 Å². The molecule has 0 aliphatic carbocycles. The van der Waals surface area contributed by atoms with Crippen LogP contribution in [0.2, 0.25) is 0 Å². The molecule has 0 saturated carbocycles. The highest BCUT2D eigenvalue weighted by atomic mass is 16.5. The molecule has 0 atom stereocenters. The second-order valence-electron chi connectivity index (χ2n) is 7.12. The Morgan fingerprint density at radius 3 is 2.09 bits per heavy atom. The highest BCUT2D eigenvalue weighted by molar-refractivity contribution is 5.90. The Labute approximate surface area is 184 Å². The van der Waals surface area contributed by atoms with E-state index in [1.807, 2.05) is 60.7 Å². The summed E-state index contributed by atoms with van der Waals surface area (Å²) in [6, 6.07) is 26.9. The standard InChI is InChI=1S/C25H21N3O4/c29-23(26-20-11-13-22(14-12-20)32-21-9-5-2-6-10-21)18-28-24(30)15-16-27(25(28)31)17-19-7-3-1-4-8-19/h1-16H,17-18H2,(H,26,29). The van der Waals surface area contributed by atoms with E-state index < -0.39 is 17.2 Å². The van der Waals surface area contributed by atoms with Crippen molar-refractivity contribution < 1.29 is 9.53 Å². The lowest BCUT2D eigenvalue weighted by molar-refractivity contribution is -0.116. The third-order valence-electron chi connectivity index (χ3n) is 4.75. The van der Waals surface area contributed by atoms with Gasteiger partial charge in [0.2, 0.25) is 5.91 Å². The van der Waals surface area contributed by atoms with Gasteiger partial charge >= 0.3 is 5.69 Å². The summed E-state index contributed by atoms with van der Waals surface area (Å²) >= 11 is 0. The van der Waals surface area contributed by atoms with Crippen molar-refractivity contribution in [2.75, 3.05) is 5.32 Å². The van der Waals surface area contributed by atoms with Crippen LogP contribution in [-0.4, -0.2) is 15.0 Å². The van der Waals surface area contributed by atoms with Crippen molar-refractivity contribution in [2.24, 2.45) is 0 Å². The SMILES string of the molecule is O=C(Cn1c(=O)ccn(Cc2ccccc2)c1=O)Nc1ccc(Oc2ccccc2)cc1. The second kappa shape index (κ2) is 9.61. The molecule has 0 aliphatic rings. The zero-order valence-corrected chi connectivity index (χ0v) is 17.2. The van der Waals surface area contributed by atoms with Crippen LogP contribution in [-0.2, 0) is 17.9 Å². The van der Waals surface area contributed by atoms with E-state index in [4.69, 9.17) is 4.74 Å². The van der Waals surface area contributed by atoms with Gasteiger partial charge in [-0.3, -0.25) is 18.7 Å². The molecule has 0 bridgehead atoms. The molecule has 0 spiro atoms. The van der Waals surface area contributed by atoms with E-state index in [9.17, 15) is 14.4 Å². The Hall–Kier alpha value is -4.39. The molecule has 1 heterocycles. The van der Waals surface area contributed by atoms with Gasteiger partial charge in [0.1, 0.15) is 18.0 Å². The number of nitrogens with one attached hydrogen (secondary N) is 1. The maximum atomic E-state index is 12.7. The number of nitrogens with zero attached hydrogens (tertiary/aromatic N) is 2. The largest absolute Gasteiger partial charge is 0.457 e. The molecule has 7 heteroatoms. The molecule has 1 N–H and O–H groups in total. The normalized spacial score (nSPS) is 10.5. The number of benzene rings is 3. The van der Waals surface area contributed by atoms with Gasteiger partial charge in [0, 0.05) is 18.0 Å². The number of anilines is 1. The molecular weight excluding hydrogens is 406 g/mol. The third-order valence-corrected chi connectivity index (χ3v) is 4.75. The maximum Gasteiger partial charge on any atom is 0.331 e. The van der Waals surface area contributed by atoms with Gasteiger partial charge in [0.05, 0.1) is 6.54 Å². The molecule has 0 aliphatic heterocycles. The Morgan fingerprint density at radius 1 is 0.781 bits per heavy atom. The number of ether oxygens (including phenoxy) is 1. The molecule has 0 saturated heterocycles. The lowest BCUT2D eigenvalue weighted by atomic mass is 10.2. The summed E-state index contributed by atoms with van der Waals surface area (Å²) in [5, 5.41) is 2.70. The number of amides is 1. The zero-order valence-electron chi connectivity index (χ0n) is 17.2. The van der Waals surface area contributed by atoms with Gasteiger partial charge in [-0.15, -0.1) is 0 Å². The van der Waals surface area contributed by atoms with Crippen LogP contribution in [0, 0.1) is 0 Å². The first-order valence-electron chi connectivity index (χ1n) is 10.1. The highest BCUT2D eigenvalue weighted by Gasteiger charge is 2.11. The molecule has 0 unspecified atom stereocenters. The molecule has 4 aromatic rings. The van der Waals surface area contributed by atoms with Gasteiger partial charge in [-0.2, -0.15) is 0 Å². The van der Waals surface area contributed by atoms with Gasteiger partial charge in [0.15, 0.2) is 0 Å². The second-order valence-corrected chi connectivity index (χ2v) is 7.12. The summed E-state index contributed by atoms with van der Waals surface area (Å²) in [5.41, 5.74) is 0.384. The van der Waals surface area contributed by atoms with Crippen LogP contribution in [0.4, 0.5) is 5.69 Å². The molecule has 0 fully saturated rings. The third kappa shape index (κ3) is 5.20. The van der Waals surface area contributed by atoms with Gasteiger partial charge in [0.25, 0.3) is 5.56 Å². The smallest absolute Gasteiger partial charge is 0.331 e. The van der Waals surface area contributed by atoms with Gasteiger partial charge in [-0.05, 0) is 42.0 Å². The number of carbonyl (C=O) groups is 1. The van der Waals surface area contributed by atoms with Crippen LogP contribution < -0.4 is 21.3 Å². The summed E-state index contributed by atoms with van der Waals surface area (Å²) in [6.07, 6.45) is 1.44. The summed E-state index contributed by atoms with van der Waals surface area (Å²) in [5.74, 6) is 0.857. The van der Waals surface area contributed by atoms with E-state index in [1.54, 1.807) is 24.3 Å². The van der Waals surface area contributed by atoms with Crippen molar-refractivity contribution in [3.05, 3.63) is 124 Å². The average molecular weight is 427 g/mol. The number of carbonyl (C=O) groups excluding carboxylic acids is 1. The predicted octanol–water partition coefficient (Wildman–Crippen LogP) is 3.49. The Bertz CT molecular complexity index is 1310.